The van der Waals surface area contributed by atoms with E-state index < -0.39 is 11.7 Å². The zero-order valence-electron chi connectivity index (χ0n) is 11.3. The molecule has 0 unspecified atom stereocenters. The van der Waals surface area contributed by atoms with Gasteiger partial charge in [0.2, 0.25) is 0 Å². The predicted molar refractivity (Wildman–Crippen MR) is 71.7 cm³/mol. The highest BCUT2D eigenvalue weighted by Crippen LogP contribution is 2.60. The maximum absolute atomic E-state index is 11.7. The molecule has 2 N–H and O–H groups in total. The Bertz CT molecular complexity index is 599. The number of carboxylic acids is 1. The molecule has 0 aliphatic heterocycles. The van der Waals surface area contributed by atoms with Crippen molar-refractivity contribution < 1.29 is 9.90 Å². The van der Waals surface area contributed by atoms with Crippen molar-refractivity contribution >= 4 is 5.97 Å². The molecule has 1 heterocycles. The number of aromatic nitrogens is 2. The van der Waals surface area contributed by atoms with Crippen LogP contribution in [0.2, 0.25) is 0 Å². The van der Waals surface area contributed by atoms with Gasteiger partial charge >= 0.3 is 11.7 Å². The molecule has 0 amide bonds. The molecule has 0 saturated heterocycles. The molecule has 4 aliphatic rings. The first-order valence-electron chi connectivity index (χ1n) is 7.39. The van der Waals surface area contributed by atoms with Crippen LogP contribution in [0, 0.1) is 17.8 Å². The fourth-order valence-corrected chi connectivity index (χ4v) is 5.29. The molecule has 106 valence electrons. The van der Waals surface area contributed by atoms with Crippen molar-refractivity contribution in [2.45, 2.75) is 43.9 Å². The summed E-state index contributed by atoms with van der Waals surface area (Å²) in [5, 5.41) is 9.10. The highest BCUT2D eigenvalue weighted by Gasteiger charge is 2.52. The molecule has 0 spiro atoms. The van der Waals surface area contributed by atoms with E-state index in [1.54, 1.807) is 6.07 Å². The first-order chi connectivity index (χ1) is 9.54. The summed E-state index contributed by atoms with van der Waals surface area (Å²) < 4.78 is 0. The molecule has 1 aromatic rings. The van der Waals surface area contributed by atoms with Crippen molar-refractivity contribution in [3.63, 3.8) is 0 Å². The first kappa shape index (κ1) is 12.1. The second-order valence-corrected chi connectivity index (χ2v) is 6.99. The Morgan fingerprint density at radius 3 is 2.25 bits per heavy atom. The molecule has 4 fully saturated rings. The number of carboxylic acid groups (broad SMARTS) is 1. The standard InChI is InChI=1S/C15H18N2O3/c18-13(19)11-4-12(17-14(20)16-11)15-5-8-1-9(6-15)3-10(2-8)7-15/h4,8-10H,1-3,5-7H2,(H,18,19)(H,16,17,20). The molecule has 20 heavy (non-hydrogen) atoms. The maximum Gasteiger partial charge on any atom is 0.354 e. The van der Waals surface area contributed by atoms with Gasteiger partial charge in [0.15, 0.2) is 5.69 Å². The van der Waals surface area contributed by atoms with E-state index >= 15 is 0 Å². The van der Waals surface area contributed by atoms with Gasteiger partial charge in [-0.1, -0.05) is 0 Å². The summed E-state index contributed by atoms with van der Waals surface area (Å²) in [5.74, 6) is 1.14. The molecule has 0 atom stereocenters. The second-order valence-electron chi connectivity index (χ2n) is 6.99. The molecule has 4 bridgehead atoms. The van der Waals surface area contributed by atoms with E-state index in [0.29, 0.717) is 0 Å². The number of H-pyrrole nitrogens is 1. The number of carbonyl (C=O) groups is 1. The van der Waals surface area contributed by atoms with Gasteiger partial charge in [-0.3, -0.25) is 0 Å². The molecular formula is C15H18N2O3. The molecule has 0 aromatic carbocycles. The van der Waals surface area contributed by atoms with Crippen LogP contribution in [0.25, 0.3) is 0 Å². The summed E-state index contributed by atoms with van der Waals surface area (Å²) in [6, 6.07) is 1.59. The van der Waals surface area contributed by atoms with Crippen LogP contribution in [-0.4, -0.2) is 21.0 Å². The van der Waals surface area contributed by atoms with Crippen LogP contribution in [-0.2, 0) is 5.41 Å². The Morgan fingerprint density at radius 2 is 1.75 bits per heavy atom. The van der Waals surface area contributed by atoms with Gasteiger partial charge in [0.25, 0.3) is 0 Å². The van der Waals surface area contributed by atoms with Crippen LogP contribution < -0.4 is 5.69 Å². The van der Waals surface area contributed by atoms with Gasteiger partial charge in [-0.05, 0) is 62.3 Å². The van der Waals surface area contributed by atoms with Crippen LogP contribution in [0.15, 0.2) is 10.9 Å². The van der Waals surface area contributed by atoms with Gasteiger partial charge in [-0.25, -0.2) is 9.59 Å². The SMILES string of the molecule is O=C(O)c1cc(C23CC4CC(CC(C4)C2)C3)[nH]c(=O)n1. The molecule has 5 nitrogen and oxygen atoms in total. The van der Waals surface area contributed by atoms with Gasteiger partial charge < -0.3 is 10.1 Å². The number of hydrogen-bond donors (Lipinski definition) is 2. The molecule has 0 radical (unpaired) electrons. The summed E-state index contributed by atoms with van der Waals surface area (Å²) in [6.07, 6.45) is 7.25. The summed E-state index contributed by atoms with van der Waals surface area (Å²) >= 11 is 0. The van der Waals surface area contributed by atoms with E-state index in [-0.39, 0.29) is 11.1 Å². The minimum atomic E-state index is -1.12. The zero-order chi connectivity index (χ0) is 13.9. The number of hydrogen-bond acceptors (Lipinski definition) is 3. The van der Waals surface area contributed by atoms with Crippen LogP contribution in [0.3, 0.4) is 0 Å². The second kappa shape index (κ2) is 3.93. The fourth-order valence-electron chi connectivity index (χ4n) is 5.29. The highest BCUT2D eigenvalue weighted by atomic mass is 16.4. The lowest BCUT2D eigenvalue weighted by Gasteiger charge is -2.56. The van der Waals surface area contributed by atoms with Gasteiger partial charge in [-0.15, -0.1) is 0 Å². The Hall–Kier alpha value is -1.65. The normalized spacial score (nSPS) is 38.1. The summed E-state index contributed by atoms with van der Waals surface area (Å²) in [4.78, 5) is 29.2. The number of nitrogens with one attached hydrogen (secondary N) is 1. The largest absolute Gasteiger partial charge is 0.477 e. The smallest absolute Gasteiger partial charge is 0.354 e. The van der Waals surface area contributed by atoms with Crippen LogP contribution in [0.5, 0.6) is 0 Å². The van der Waals surface area contributed by atoms with Crippen molar-refractivity contribution in [3.8, 4) is 0 Å². The van der Waals surface area contributed by atoms with Gasteiger partial charge in [0.1, 0.15) is 0 Å². The molecule has 4 saturated carbocycles. The average molecular weight is 274 g/mol. The number of aromatic amines is 1. The van der Waals surface area contributed by atoms with Crippen LogP contribution >= 0.6 is 0 Å². The molecule has 5 heteroatoms. The van der Waals surface area contributed by atoms with Crippen molar-refractivity contribution in [2.75, 3.05) is 0 Å². The third-order valence-electron chi connectivity index (χ3n) is 5.57. The van der Waals surface area contributed by atoms with E-state index in [2.05, 4.69) is 9.97 Å². The Kier molecular flexibility index (Phi) is 2.38. The van der Waals surface area contributed by atoms with E-state index in [0.717, 1.165) is 42.7 Å². The minimum Gasteiger partial charge on any atom is -0.477 e. The first-order valence-corrected chi connectivity index (χ1v) is 7.39. The van der Waals surface area contributed by atoms with Crippen molar-refractivity contribution in [1.29, 1.82) is 0 Å². The quantitative estimate of drug-likeness (QED) is 0.863. The van der Waals surface area contributed by atoms with E-state index in [9.17, 15) is 9.59 Å². The Labute approximate surface area is 116 Å². The number of aromatic carboxylic acids is 1. The lowest BCUT2D eigenvalue weighted by Crippen LogP contribution is -2.49. The van der Waals surface area contributed by atoms with Crippen molar-refractivity contribution in [3.05, 3.63) is 27.9 Å². The highest BCUT2D eigenvalue weighted by molar-refractivity contribution is 5.85. The third kappa shape index (κ3) is 1.72. The third-order valence-corrected chi connectivity index (χ3v) is 5.57. The molecule has 4 aliphatic carbocycles. The monoisotopic (exact) mass is 274 g/mol. The van der Waals surface area contributed by atoms with E-state index in [1.165, 1.54) is 19.3 Å². The summed E-state index contributed by atoms with van der Waals surface area (Å²) in [6.45, 7) is 0. The van der Waals surface area contributed by atoms with Crippen molar-refractivity contribution in [1.82, 2.24) is 9.97 Å². The van der Waals surface area contributed by atoms with E-state index in [1.807, 2.05) is 0 Å². The van der Waals surface area contributed by atoms with E-state index in [4.69, 9.17) is 5.11 Å². The van der Waals surface area contributed by atoms with Crippen molar-refractivity contribution in [2.24, 2.45) is 17.8 Å². The minimum absolute atomic E-state index is 0.00104. The number of rotatable bonds is 2. The Morgan fingerprint density at radius 1 is 1.20 bits per heavy atom. The summed E-state index contributed by atoms with van der Waals surface area (Å²) in [5.41, 5.74) is 0.158. The Balaban J connectivity index is 1.80. The fraction of sp³-hybridized carbons (Fsp3) is 0.667. The lowest BCUT2D eigenvalue weighted by molar-refractivity contribution is -0.00741. The van der Waals surface area contributed by atoms with Crippen LogP contribution in [0.4, 0.5) is 0 Å². The average Bonchev–Trinajstić information content (AvgIpc) is 2.36. The number of nitrogens with zero attached hydrogens (tertiary/aromatic N) is 1. The maximum atomic E-state index is 11.7. The zero-order valence-corrected chi connectivity index (χ0v) is 11.3. The van der Waals surface area contributed by atoms with Gasteiger partial charge in [0.05, 0.1) is 0 Å². The lowest BCUT2D eigenvalue weighted by atomic mass is 9.49. The summed E-state index contributed by atoms with van der Waals surface area (Å²) in [7, 11) is 0. The molecule has 1 aromatic heterocycles. The molecular weight excluding hydrogens is 256 g/mol. The topological polar surface area (TPSA) is 83.0 Å². The molecule has 5 rings (SSSR count). The van der Waals surface area contributed by atoms with Crippen LogP contribution in [0.1, 0.15) is 54.7 Å². The predicted octanol–water partition coefficient (Wildman–Crippen LogP) is 1.94. The van der Waals surface area contributed by atoms with Gasteiger partial charge in [-0.2, -0.15) is 4.98 Å². The van der Waals surface area contributed by atoms with Gasteiger partial charge in [0, 0.05) is 11.1 Å².